The molecule has 0 spiro atoms. The van der Waals surface area contributed by atoms with E-state index in [1.807, 2.05) is 0 Å². The molecule has 4 rings (SSSR count). The number of nitriles is 1. The number of aromatic nitrogens is 4. The van der Waals surface area contributed by atoms with Gasteiger partial charge in [-0.1, -0.05) is 11.6 Å². The predicted octanol–water partition coefficient (Wildman–Crippen LogP) is 3.76. The maximum atomic E-state index is 14.1. The molecule has 0 radical (unpaired) electrons. The van der Waals surface area contributed by atoms with Crippen LogP contribution in [-0.2, 0) is 7.05 Å². The van der Waals surface area contributed by atoms with Crippen LogP contribution in [-0.4, -0.2) is 30.0 Å². The highest BCUT2D eigenvalue weighted by molar-refractivity contribution is 6.32. The summed E-state index contributed by atoms with van der Waals surface area (Å²) in [6, 6.07) is 8.81. The number of benzene rings is 1. The van der Waals surface area contributed by atoms with Crippen molar-refractivity contribution in [2.24, 2.45) is 7.05 Å². The van der Waals surface area contributed by atoms with Crippen LogP contribution in [0.3, 0.4) is 0 Å². The standard InChI is InChI=1S/C19H11ClFN5O2/c1-25-9-23-17(18(25)20)12-3-2-11(21)7-13(12)16-14(8-22)26-5-4-10(19(27)28)6-15(26)24-16/h2-7,9H,1H3,(H,27,28). The van der Waals surface area contributed by atoms with E-state index < -0.39 is 11.8 Å². The summed E-state index contributed by atoms with van der Waals surface area (Å²) >= 11 is 6.30. The minimum Gasteiger partial charge on any atom is -0.478 e. The second-order valence-electron chi connectivity index (χ2n) is 6.05. The van der Waals surface area contributed by atoms with Crippen LogP contribution in [0.1, 0.15) is 16.1 Å². The molecule has 0 unspecified atom stereocenters. The zero-order chi connectivity index (χ0) is 20.0. The number of pyridine rings is 1. The number of halogens is 2. The highest BCUT2D eigenvalue weighted by Crippen LogP contribution is 2.36. The van der Waals surface area contributed by atoms with Gasteiger partial charge in [-0.15, -0.1) is 0 Å². The molecule has 4 aromatic rings. The van der Waals surface area contributed by atoms with Gasteiger partial charge >= 0.3 is 5.97 Å². The fourth-order valence-electron chi connectivity index (χ4n) is 2.99. The van der Waals surface area contributed by atoms with E-state index in [1.54, 1.807) is 11.6 Å². The number of hydrogen-bond acceptors (Lipinski definition) is 4. The summed E-state index contributed by atoms with van der Waals surface area (Å²) in [6.45, 7) is 0. The third-order valence-electron chi connectivity index (χ3n) is 4.34. The van der Waals surface area contributed by atoms with Gasteiger partial charge in [-0.25, -0.2) is 19.2 Å². The number of nitrogens with zero attached hydrogens (tertiary/aromatic N) is 5. The van der Waals surface area contributed by atoms with Crippen molar-refractivity contribution >= 4 is 23.2 Å². The Morgan fingerprint density at radius 3 is 2.68 bits per heavy atom. The minimum atomic E-state index is -1.11. The van der Waals surface area contributed by atoms with Crippen molar-refractivity contribution in [1.29, 1.82) is 5.26 Å². The molecule has 0 saturated carbocycles. The first-order valence-electron chi connectivity index (χ1n) is 8.03. The Bertz CT molecular complexity index is 1300. The Labute approximate surface area is 162 Å². The van der Waals surface area contributed by atoms with Crippen molar-refractivity contribution in [2.45, 2.75) is 0 Å². The first-order chi connectivity index (χ1) is 13.4. The van der Waals surface area contributed by atoms with Crippen LogP contribution in [0.4, 0.5) is 4.39 Å². The van der Waals surface area contributed by atoms with Gasteiger partial charge in [-0.2, -0.15) is 5.26 Å². The van der Waals surface area contributed by atoms with Gasteiger partial charge in [-0.3, -0.25) is 4.40 Å². The van der Waals surface area contributed by atoms with E-state index in [1.165, 1.54) is 47.3 Å². The molecule has 0 aliphatic rings. The number of rotatable bonds is 3. The monoisotopic (exact) mass is 395 g/mol. The fraction of sp³-hybridized carbons (Fsp3) is 0.0526. The zero-order valence-corrected chi connectivity index (χ0v) is 15.1. The molecule has 7 nitrogen and oxygen atoms in total. The van der Waals surface area contributed by atoms with Gasteiger partial charge < -0.3 is 9.67 Å². The van der Waals surface area contributed by atoms with E-state index in [0.29, 0.717) is 22.0 Å². The predicted molar refractivity (Wildman–Crippen MR) is 99.5 cm³/mol. The molecule has 3 aromatic heterocycles. The number of hydrogen-bond donors (Lipinski definition) is 1. The fourth-order valence-corrected chi connectivity index (χ4v) is 3.18. The molecule has 0 fully saturated rings. The number of aromatic carboxylic acids is 1. The molecular formula is C19H11ClFN5O2. The van der Waals surface area contributed by atoms with Gasteiger partial charge in [0.15, 0.2) is 5.69 Å². The second-order valence-corrected chi connectivity index (χ2v) is 6.41. The van der Waals surface area contributed by atoms with Crippen LogP contribution in [0.2, 0.25) is 5.15 Å². The summed E-state index contributed by atoms with van der Waals surface area (Å²) in [5.74, 6) is -1.63. The summed E-state index contributed by atoms with van der Waals surface area (Å²) in [5, 5.41) is 19.2. The molecule has 1 N–H and O–H groups in total. The normalized spacial score (nSPS) is 10.9. The Kier molecular flexibility index (Phi) is 4.09. The largest absolute Gasteiger partial charge is 0.478 e. The highest BCUT2D eigenvalue weighted by atomic mass is 35.5. The molecule has 0 aliphatic heterocycles. The number of carboxylic acid groups (broad SMARTS) is 1. The van der Waals surface area contributed by atoms with E-state index in [4.69, 9.17) is 11.6 Å². The van der Waals surface area contributed by atoms with Crippen LogP contribution in [0.5, 0.6) is 0 Å². The highest BCUT2D eigenvalue weighted by Gasteiger charge is 2.21. The summed E-state index contributed by atoms with van der Waals surface area (Å²) in [6.07, 6.45) is 2.97. The number of imidazole rings is 2. The molecular weight excluding hydrogens is 385 g/mol. The SMILES string of the molecule is Cn1cnc(-c2ccc(F)cc2-c2nc3cc(C(=O)O)ccn3c2C#N)c1Cl. The molecule has 0 aliphatic carbocycles. The van der Waals surface area contributed by atoms with Crippen molar-refractivity contribution in [2.75, 3.05) is 0 Å². The quantitative estimate of drug-likeness (QED) is 0.569. The lowest BCUT2D eigenvalue weighted by Crippen LogP contribution is -1.98. The molecule has 138 valence electrons. The lowest BCUT2D eigenvalue weighted by Gasteiger charge is -2.07. The van der Waals surface area contributed by atoms with Gasteiger partial charge in [0.25, 0.3) is 0 Å². The summed E-state index contributed by atoms with van der Waals surface area (Å²) < 4.78 is 17.1. The van der Waals surface area contributed by atoms with Gasteiger partial charge in [0.2, 0.25) is 0 Å². The maximum Gasteiger partial charge on any atom is 0.335 e. The minimum absolute atomic E-state index is 0.0285. The van der Waals surface area contributed by atoms with Crippen LogP contribution in [0, 0.1) is 17.1 Å². The smallest absolute Gasteiger partial charge is 0.335 e. The number of aryl methyl sites for hydroxylation is 1. The molecule has 9 heteroatoms. The third-order valence-corrected chi connectivity index (χ3v) is 4.78. The first-order valence-corrected chi connectivity index (χ1v) is 8.41. The number of fused-ring (bicyclic) bond motifs is 1. The van der Waals surface area contributed by atoms with Crippen LogP contribution < -0.4 is 0 Å². The average molecular weight is 396 g/mol. The Hall–Kier alpha value is -3.70. The Morgan fingerprint density at radius 2 is 2.04 bits per heavy atom. The molecule has 0 atom stereocenters. The average Bonchev–Trinajstić information content (AvgIpc) is 3.21. The first kappa shape index (κ1) is 17.7. The molecule has 0 saturated heterocycles. The molecule has 3 heterocycles. The second kappa shape index (κ2) is 6.48. The van der Waals surface area contributed by atoms with E-state index in [9.17, 15) is 19.6 Å². The van der Waals surface area contributed by atoms with Crippen LogP contribution >= 0.6 is 11.6 Å². The molecule has 1 aromatic carbocycles. The van der Waals surface area contributed by atoms with Crippen molar-refractivity contribution < 1.29 is 14.3 Å². The molecule has 0 bridgehead atoms. The van der Waals surface area contributed by atoms with Crippen molar-refractivity contribution in [1.82, 2.24) is 18.9 Å². The van der Waals surface area contributed by atoms with E-state index in [0.717, 1.165) is 0 Å². The topological polar surface area (TPSA) is 96.2 Å². The van der Waals surface area contributed by atoms with Crippen molar-refractivity contribution in [3.05, 3.63) is 65.1 Å². The lowest BCUT2D eigenvalue weighted by molar-refractivity contribution is 0.0697. The van der Waals surface area contributed by atoms with Gasteiger partial charge in [0.05, 0.1) is 11.9 Å². The molecule has 0 amide bonds. The molecule has 28 heavy (non-hydrogen) atoms. The third kappa shape index (κ3) is 2.69. The van der Waals surface area contributed by atoms with Crippen molar-refractivity contribution in [3.63, 3.8) is 0 Å². The number of carbonyl (C=O) groups is 1. The maximum absolute atomic E-state index is 14.1. The van der Waals surface area contributed by atoms with E-state index in [-0.39, 0.29) is 22.6 Å². The van der Waals surface area contributed by atoms with E-state index >= 15 is 0 Å². The van der Waals surface area contributed by atoms with Gasteiger partial charge in [-0.05, 0) is 30.3 Å². The van der Waals surface area contributed by atoms with Gasteiger partial charge in [0, 0.05) is 24.4 Å². The van der Waals surface area contributed by atoms with Gasteiger partial charge in [0.1, 0.15) is 34.1 Å². The Morgan fingerprint density at radius 1 is 1.25 bits per heavy atom. The zero-order valence-electron chi connectivity index (χ0n) is 14.4. The van der Waals surface area contributed by atoms with Crippen LogP contribution in [0.15, 0.2) is 42.9 Å². The summed E-state index contributed by atoms with van der Waals surface area (Å²) in [7, 11) is 1.72. The van der Waals surface area contributed by atoms with Crippen LogP contribution in [0.25, 0.3) is 28.2 Å². The summed E-state index contributed by atoms with van der Waals surface area (Å²) in [4.78, 5) is 19.9. The van der Waals surface area contributed by atoms with E-state index in [2.05, 4.69) is 16.0 Å². The summed E-state index contributed by atoms with van der Waals surface area (Å²) in [5.41, 5.74) is 1.90. The Balaban J connectivity index is 2.03. The number of carboxylic acids is 1. The lowest BCUT2D eigenvalue weighted by atomic mass is 10.0. The van der Waals surface area contributed by atoms with Crippen molar-refractivity contribution in [3.8, 4) is 28.6 Å².